The topological polar surface area (TPSA) is 51.8 Å². The fourth-order valence-corrected chi connectivity index (χ4v) is 4.72. The number of hydrogen-bond acceptors (Lipinski definition) is 5. The first-order valence-electron chi connectivity index (χ1n) is 5.93. The van der Waals surface area contributed by atoms with Gasteiger partial charge in [0, 0.05) is 28.5 Å². The van der Waals surface area contributed by atoms with E-state index < -0.39 is 0 Å². The van der Waals surface area contributed by atoms with E-state index in [1.165, 1.54) is 11.5 Å². The molecule has 1 fully saturated rings. The second-order valence-electron chi connectivity index (χ2n) is 4.56. The predicted molar refractivity (Wildman–Crippen MR) is 77.8 cm³/mol. The van der Waals surface area contributed by atoms with Gasteiger partial charge in [-0.25, -0.2) is 9.97 Å². The second kappa shape index (κ2) is 5.48. The number of nitrogens with two attached hydrogens (primary N) is 1. The average molecular weight is 269 g/mol. The molecule has 2 N–H and O–H groups in total. The zero-order chi connectivity index (χ0) is 12.4. The van der Waals surface area contributed by atoms with Crippen molar-refractivity contribution >= 4 is 29.3 Å². The molecule has 1 aromatic heterocycles. The summed E-state index contributed by atoms with van der Waals surface area (Å²) in [6, 6.07) is 0. The molecule has 0 bridgehead atoms. The summed E-state index contributed by atoms with van der Waals surface area (Å²) >= 11 is 3.92. The number of aromatic nitrogens is 2. The van der Waals surface area contributed by atoms with E-state index in [4.69, 9.17) is 5.73 Å². The summed E-state index contributed by atoms with van der Waals surface area (Å²) in [5.41, 5.74) is 8.20. The van der Waals surface area contributed by atoms with Crippen LogP contribution in [0.3, 0.4) is 0 Å². The number of aryl methyl sites for hydroxylation is 1. The molecule has 1 atom stereocenters. The van der Waals surface area contributed by atoms with E-state index >= 15 is 0 Å². The minimum absolute atomic E-state index is 0.387. The van der Waals surface area contributed by atoms with Crippen LogP contribution < -0.4 is 5.73 Å². The molecule has 1 saturated heterocycles. The van der Waals surface area contributed by atoms with Crippen molar-refractivity contribution in [2.45, 2.75) is 31.9 Å². The zero-order valence-electron chi connectivity index (χ0n) is 10.6. The molecule has 1 aliphatic heterocycles. The van der Waals surface area contributed by atoms with E-state index in [1.807, 2.05) is 30.4 Å². The maximum atomic E-state index is 6.06. The monoisotopic (exact) mass is 269 g/mol. The number of hydrogen-bond donors (Lipinski definition) is 1. The third kappa shape index (κ3) is 2.88. The van der Waals surface area contributed by atoms with Crippen LogP contribution in [-0.4, -0.2) is 27.2 Å². The standard InChI is InChI=1S/C12H19N3S2/c1-7(2)10-8(3)14-12(15-11(10)13)9-6-16-4-5-17-9/h7,9H,4-6H2,1-3H3,(H2,13,14,15). The van der Waals surface area contributed by atoms with Crippen LogP contribution in [0.5, 0.6) is 0 Å². The Morgan fingerprint density at radius 1 is 1.29 bits per heavy atom. The summed E-state index contributed by atoms with van der Waals surface area (Å²) in [4.78, 5) is 9.16. The summed E-state index contributed by atoms with van der Waals surface area (Å²) in [7, 11) is 0. The van der Waals surface area contributed by atoms with Crippen LogP contribution in [0, 0.1) is 6.92 Å². The second-order valence-corrected chi connectivity index (χ2v) is 7.02. The molecule has 2 rings (SSSR count). The normalized spacial score (nSPS) is 20.8. The molecule has 94 valence electrons. The fraction of sp³-hybridized carbons (Fsp3) is 0.667. The molecule has 2 heterocycles. The molecular formula is C12H19N3S2. The van der Waals surface area contributed by atoms with E-state index in [0.29, 0.717) is 17.0 Å². The van der Waals surface area contributed by atoms with Gasteiger partial charge in [-0.05, 0) is 12.8 Å². The summed E-state index contributed by atoms with van der Waals surface area (Å²) < 4.78 is 0. The van der Waals surface area contributed by atoms with Gasteiger partial charge >= 0.3 is 0 Å². The van der Waals surface area contributed by atoms with Crippen molar-refractivity contribution in [2.75, 3.05) is 23.0 Å². The van der Waals surface area contributed by atoms with Crippen molar-refractivity contribution in [3.63, 3.8) is 0 Å². The fourth-order valence-electron chi connectivity index (χ4n) is 2.12. The van der Waals surface area contributed by atoms with Crippen molar-refractivity contribution in [1.29, 1.82) is 0 Å². The maximum Gasteiger partial charge on any atom is 0.144 e. The summed E-state index contributed by atoms with van der Waals surface area (Å²) in [5.74, 6) is 5.49. The van der Waals surface area contributed by atoms with Crippen LogP contribution in [0.4, 0.5) is 5.82 Å². The Morgan fingerprint density at radius 2 is 2.06 bits per heavy atom. The Bertz CT molecular complexity index is 378. The molecule has 0 radical (unpaired) electrons. The first-order valence-corrected chi connectivity index (χ1v) is 8.13. The lowest BCUT2D eigenvalue weighted by Crippen LogP contribution is -2.14. The van der Waals surface area contributed by atoms with Gasteiger partial charge in [0.25, 0.3) is 0 Å². The van der Waals surface area contributed by atoms with E-state index in [2.05, 4.69) is 23.8 Å². The van der Waals surface area contributed by atoms with E-state index in [1.54, 1.807) is 0 Å². The summed E-state index contributed by atoms with van der Waals surface area (Å²) in [6.07, 6.45) is 0. The third-order valence-electron chi connectivity index (χ3n) is 2.86. The molecule has 0 aliphatic carbocycles. The van der Waals surface area contributed by atoms with Crippen molar-refractivity contribution < 1.29 is 0 Å². The molecule has 0 aromatic carbocycles. The van der Waals surface area contributed by atoms with Crippen LogP contribution in [0.2, 0.25) is 0 Å². The van der Waals surface area contributed by atoms with Crippen LogP contribution in [-0.2, 0) is 0 Å². The van der Waals surface area contributed by atoms with Crippen LogP contribution in [0.1, 0.15) is 42.1 Å². The van der Waals surface area contributed by atoms with Crippen molar-refractivity contribution in [2.24, 2.45) is 0 Å². The van der Waals surface area contributed by atoms with Gasteiger partial charge in [-0.3, -0.25) is 0 Å². The van der Waals surface area contributed by atoms with Crippen LogP contribution >= 0.6 is 23.5 Å². The lowest BCUT2D eigenvalue weighted by atomic mass is 10.0. The molecule has 1 aliphatic rings. The smallest absolute Gasteiger partial charge is 0.144 e. The molecule has 17 heavy (non-hydrogen) atoms. The van der Waals surface area contributed by atoms with Gasteiger partial charge in [0.15, 0.2) is 0 Å². The Labute approximate surface area is 111 Å². The minimum Gasteiger partial charge on any atom is -0.383 e. The van der Waals surface area contributed by atoms with Crippen molar-refractivity contribution in [1.82, 2.24) is 9.97 Å². The summed E-state index contributed by atoms with van der Waals surface area (Å²) in [5, 5.41) is 0.413. The molecule has 1 unspecified atom stereocenters. The van der Waals surface area contributed by atoms with Crippen molar-refractivity contribution in [3.05, 3.63) is 17.1 Å². The molecular weight excluding hydrogens is 250 g/mol. The average Bonchev–Trinajstić information content (AvgIpc) is 2.28. The van der Waals surface area contributed by atoms with Gasteiger partial charge in [0.1, 0.15) is 11.6 Å². The van der Waals surface area contributed by atoms with Crippen LogP contribution in [0.25, 0.3) is 0 Å². The van der Waals surface area contributed by atoms with Gasteiger partial charge in [-0.1, -0.05) is 13.8 Å². The predicted octanol–water partition coefficient (Wildman–Crippen LogP) is 3.01. The van der Waals surface area contributed by atoms with Crippen molar-refractivity contribution in [3.8, 4) is 0 Å². The lowest BCUT2D eigenvalue weighted by Gasteiger charge is -2.21. The first kappa shape index (κ1) is 13.0. The SMILES string of the molecule is Cc1nc(C2CSCCS2)nc(N)c1C(C)C. The van der Waals surface area contributed by atoms with E-state index in [-0.39, 0.29) is 0 Å². The first-order chi connectivity index (χ1) is 8.09. The molecule has 0 amide bonds. The highest BCUT2D eigenvalue weighted by Gasteiger charge is 2.21. The van der Waals surface area contributed by atoms with Gasteiger partial charge in [0.2, 0.25) is 0 Å². The number of nitrogens with zero attached hydrogens (tertiary/aromatic N) is 2. The molecule has 1 aromatic rings. The minimum atomic E-state index is 0.387. The number of thioether (sulfide) groups is 2. The Kier molecular flexibility index (Phi) is 4.20. The number of anilines is 1. The van der Waals surface area contributed by atoms with Crippen LogP contribution in [0.15, 0.2) is 0 Å². The molecule has 0 saturated carbocycles. The third-order valence-corrected chi connectivity index (χ3v) is 5.62. The lowest BCUT2D eigenvalue weighted by molar-refractivity contribution is 0.809. The number of nitrogen functional groups attached to an aromatic ring is 1. The summed E-state index contributed by atoms with van der Waals surface area (Å²) in [6.45, 7) is 6.30. The highest BCUT2D eigenvalue weighted by Crippen LogP contribution is 2.36. The Hall–Kier alpha value is -0.420. The Balaban J connectivity index is 2.31. The Morgan fingerprint density at radius 3 is 2.59 bits per heavy atom. The quantitative estimate of drug-likeness (QED) is 0.894. The molecule has 5 heteroatoms. The zero-order valence-corrected chi connectivity index (χ0v) is 12.2. The van der Waals surface area contributed by atoms with E-state index in [9.17, 15) is 0 Å². The largest absolute Gasteiger partial charge is 0.383 e. The van der Waals surface area contributed by atoms with Gasteiger partial charge in [-0.2, -0.15) is 11.8 Å². The highest BCUT2D eigenvalue weighted by molar-refractivity contribution is 8.06. The van der Waals surface area contributed by atoms with Gasteiger partial charge < -0.3 is 5.73 Å². The highest BCUT2D eigenvalue weighted by atomic mass is 32.2. The van der Waals surface area contributed by atoms with Gasteiger partial charge in [-0.15, -0.1) is 11.8 Å². The van der Waals surface area contributed by atoms with Gasteiger partial charge in [0.05, 0.1) is 5.25 Å². The maximum absolute atomic E-state index is 6.06. The molecule has 3 nitrogen and oxygen atoms in total. The van der Waals surface area contributed by atoms with E-state index in [0.717, 1.165) is 22.8 Å². The number of rotatable bonds is 2. The molecule has 0 spiro atoms.